The molecule has 136 valence electrons. The van der Waals surface area contributed by atoms with Crippen LogP contribution in [0.3, 0.4) is 0 Å². The van der Waals surface area contributed by atoms with E-state index in [1.54, 1.807) is 0 Å². The molecule has 0 aliphatic carbocycles. The van der Waals surface area contributed by atoms with E-state index >= 15 is 0 Å². The molecule has 4 rings (SSSR count). The molecule has 2 aromatic rings. The summed E-state index contributed by atoms with van der Waals surface area (Å²) in [6.07, 6.45) is 3.10. The molecule has 2 aliphatic heterocycles. The summed E-state index contributed by atoms with van der Waals surface area (Å²) in [5, 5.41) is 2.92. The highest BCUT2D eigenvalue weighted by Gasteiger charge is 2.23. The minimum Gasteiger partial charge on any atom is -0.493 e. The zero-order chi connectivity index (χ0) is 17.8. The average Bonchev–Trinajstić information content (AvgIpc) is 2.69. The molecule has 1 fully saturated rings. The van der Waals surface area contributed by atoms with E-state index in [0.29, 0.717) is 18.8 Å². The Labute approximate surface area is 153 Å². The van der Waals surface area contributed by atoms with Gasteiger partial charge in [0.15, 0.2) is 0 Å². The maximum Gasteiger partial charge on any atom is 0.226 e. The zero-order valence-corrected chi connectivity index (χ0v) is 14.7. The highest BCUT2D eigenvalue weighted by molar-refractivity contribution is 5.90. The third-order valence-electron chi connectivity index (χ3n) is 4.91. The highest BCUT2D eigenvalue weighted by Crippen LogP contribution is 2.35. The van der Waals surface area contributed by atoms with Crippen LogP contribution < -0.4 is 15.0 Å². The van der Waals surface area contributed by atoms with Crippen molar-refractivity contribution in [2.24, 2.45) is 0 Å². The third-order valence-corrected chi connectivity index (χ3v) is 4.91. The van der Waals surface area contributed by atoms with E-state index in [9.17, 15) is 4.79 Å². The standard InChI is InChI=1S/C20H23N3O3/c24-20(13-15-7-10-26-18-4-2-1-3-17(15)18)22-19-6-5-16(14-21-19)23-8-11-25-12-9-23/h1-6,14-15H,7-13H2,(H,21,22,24). The number of aromatic nitrogens is 1. The van der Waals surface area contributed by atoms with Crippen LogP contribution in [0.1, 0.15) is 24.3 Å². The van der Waals surface area contributed by atoms with Gasteiger partial charge < -0.3 is 19.7 Å². The SMILES string of the molecule is O=C(CC1CCOc2ccccc21)Nc1ccc(N2CCOCC2)cn1. The lowest BCUT2D eigenvalue weighted by Gasteiger charge is -2.28. The third kappa shape index (κ3) is 3.80. The zero-order valence-electron chi connectivity index (χ0n) is 14.7. The van der Waals surface area contributed by atoms with Gasteiger partial charge in [0.1, 0.15) is 11.6 Å². The van der Waals surface area contributed by atoms with Gasteiger partial charge in [-0.2, -0.15) is 0 Å². The number of hydrogen-bond acceptors (Lipinski definition) is 5. The van der Waals surface area contributed by atoms with Crippen LogP contribution in [0.15, 0.2) is 42.6 Å². The van der Waals surface area contributed by atoms with Crippen LogP contribution in [0.2, 0.25) is 0 Å². The first-order valence-corrected chi connectivity index (χ1v) is 9.10. The van der Waals surface area contributed by atoms with Crippen LogP contribution in [0.4, 0.5) is 11.5 Å². The van der Waals surface area contributed by atoms with E-state index in [-0.39, 0.29) is 11.8 Å². The predicted molar refractivity (Wildman–Crippen MR) is 99.8 cm³/mol. The number of amides is 1. The fraction of sp³-hybridized carbons (Fsp3) is 0.400. The molecule has 6 nitrogen and oxygen atoms in total. The Hall–Kier alpha value is -2.60. The summed E-state index contributed by atoms with van der Waals surface area (Å²) in [6, 6.07) is 11.8. The second-order valence-corrected chi connectivity index (χ2v) is 6.63. The second-order valence-electron chi connectivity index (χ2n) is 6.63. The van der Waals surface area contributed by atoms with Crippen LogP contribution in [0, 0.1) is 0 Å². The summed E-state index contributed by atoms with van der Waals surface area (Å²) in [4.78, 5) is 19.1. The van der Waals surface area contributed by atoms with E-state index < -0.39 is 0 Å². The number of nitrogens with zero attached hydrogens (tertiary/aromatic N) is 2. The van der Waals surface area contributed by atoms with Gasteiger partial charge >= 0.3 is 0 Å². The minimum atomic E-state index is -0.0154. The summed E-state index contributed by atoms with van der Waals surface area (Å²) in [5.41, 5.74) is 2.18. The van der Waals surface area contributed by atoms with E-state index in [2.05, 4.69) is 15.2 Å². The minimum absolute atomic E-state index is 0.0154. The second kappa shape index (κ2) is 7.74. The van der Waals surface area contributed by atoms with Crippen molar-refractivity contribution in [3.05, 3.63) is 48.2 Å². The molecular weight excluding hydrogens is 330 g/mol. The van der Waals surface area contributed by atoms with E-state index in [1.165, 1.54) is 0 Å². The maximum atomic E-state index is 12.5. The van der Waals surface area contributed by atoms with Crippen LogP contribution in [0.25, 0.3) is 0 Å². The molecule has 0 spiro atoms. The first kappa shape index (κ1) is 16.8. The summed E-state index contributed by atoms with van der Waals surface area (Å²) >= 11 is 0. The van der Waals surface area contributed by atoms with Crippen molar-refractivity contribution >= 4 is 17.4 Å². The number of fused-ring (bicyclic) bond motifs is 1. The van der Waals surface area contributed by atoms with Gasteiger partial charge in [0.2, 0.25) is 5.91 Å². The molecule has 1 saturated heterocycles. The number of hydrogen-bond donors (Lipinski definition) is 1. The molecule has 1 unspecified atom stereocenters. The Bertz CT molecular complexity index is 757. The van der Waals surface area contributed by atoms with Crippen LogP contribution >= 0.6 is 0 Å². The molecular formula is C20H23N3O3. The van der Waals surface area contributed by atoms with Crippen molar-refractivity contribution in [3.63, 3.8) is 0 Å². The van der Waals surface area contributed by atoms with Gasteiger partial charge in [0.05, 0.1) is 31.7 Å². The first-order chi connectivity index (χ1) is 12.8. The molecule has 26 heavy (non-hydrogen) atoms. The number of ether oxygens (including phenoxy) is 2. The van der Waals surface area contributed by atoms with Crippen LogP contribution in [0.5, 0.6) is 5.75 Å². The molecule has 6 heteroatoms. The molecule has 2 aliphatic rings. The van der Waals surface area contributed by atoms with Crippen molar-refractivity contribution in [1.29, 1.82) is 0 Å². The maximum absolute atomic E-state index is 12.5. The summed E-state index contributed by atoms with van der Waals surface area (Å²) in [7, 11) is 0. The number of para-hydroxylation sites is 1. The number of rotatable bonds is 4. The topological polar surface area (TPSA) is 63.7 Å². The molecule has 1 atom stereocenters. The van der Waals surface area contributed by atoms with Crippen molar-refractivity contribution in [2.45, 2.75) is 18.8 Å². The van der Waals surface area contributed by atoms with Crippen molar-refractivity contribution in [3.8, 4) is 5.75 Å². The van der Waals surface area contributed by atoms with Crippen LogP contribution in [-0.2, 0) is 9.53 Å². The van der Waals surface area contributed by atoms with Gasteiger partial charge in [-0.05, 0) is 36.1 Å². The molecule has 3 heterocycles. The fourth-order valence-corrected chi connectivity index (χ4v) is 3.51. The number of morpholine rings is 1. The molecule has 0 bridgehead atoms. The molecule has 1 aromatic carbocycles. The number of anilines is 2. The van der Waals surface area contributed by atoms with Gasteiger partial charge in [-0.15, -0.1) is 0 Å². The summed E-state index contributed by atoms with van der Waals surface area (Å²) in [5.74, 6) is 1.66. The van der Waals surface area contributed by atoms with E-state index in [0.717, 1.165) is 49.7 Å². The lowest BCUT2D eigenvalue weighted by atomic mass is 9.90. The molecule has 1 amide bonds. The first-order valence-electron chi connectivity index (χ1n) is 9.10. The Morgan fingerprint density at radius 1 is 1.15 bits per heavy atom. The van der Waals surface area contributed by atoms with Gasteiger partial charge in [-0.25, -0.2) is 4.98 Å². The Morgan fingerprint density at radius 3 is 2.81 bits per heavy atom. The number of carbonyl (C=O) groups excluding carboxylic acids is 1. The smallest absolute Gasteiger partial charge is 0.226 e. The number of nitrogens with one attached hydrogen (secondary N) is 1. The summed E-state index contributed by atoms with van der Waals surface area (Å²) < 4.78 is 11.0. The normalized spacial score (nSPS) is 19.4. The molecule has 0 radical (unpaired) electrons. The Morgan fingerprint density at radius 2 is 2.00 bits per heavy atom. The number of pyridine rings is 1. The van der Waals surface area contributed by atoms with E-state index in [4.69, 9.17) is 9.47 Å². The Balaban J connectivity index is 1.36. The molecule has 1 aromatic heterocycles. The van der Waals surface area contributed by atoms with Gasteiger partial charge in [-0.1, -0.05) is 18.2 Å². The number of carbonyl (C=O) groups is 1. The lowest BCUT2D eigenvalue weighted by molar-refractivity contribution is -0.116. The average molecular weight is 353 g/mol. The quantitative estimate of drug-likeness (QED) is 0.916. The molecule has 1 N–H and O–H groups in total. The van der Waals surface area contributed by atoms with Crippen LogP contribution in [-0.4, -0.2) is 43.8 Å². The largest absolute Gasteiger partial charge is 0.493 e. The fourth-order valence-electron chi connectivity index (χ4n) is 3.51. The number of benzene rings is 1. The van der Waals surface area contributed by atoms with E-state index in [1.807, 2.05) is 42.6 Å². The van der Waals surface area contributed by atoms with Gasteiger partial charge in [0.25, 0.3) is 0 Å². The summed E-state index contributed by atoms with van der Waals surface area (Å²) in [6.45, 7) is 3.88. The van der Waals surface area contributed by atoms with Crippen molar-refractivity contribution in [2.75, 3.05) is 43.1 Å². The van der Waals surface area contributed by atoms with Gasteiger partial charge in [-0.3, -0.25) is 4.79 Å². The predicted octanol–water partition coefficient (Wildman–Crippen LogP) is 2.81. The van der Waals surface area contributed by atoms with Gasteiger partial charge in [0, 0.05) is 19.5 Å². The highest BCUT2D eigenvalue weighted by atomic mass is 16.5. The molecule has 0 saturated carbocycles. The monoisotopic (exact) mass is 353 g/mol. The van der Waals surface area contributed by atoms with Crippen molar-refractivity contribution in [1.82, 2.24) is 4.98 Å². The van der Waals surface area contributed by atoms with Crippen molar-refractivity contribution < 1.29 is 14.3 Å². The Kier molecular flexibility index (Phi) is 5.02. The lowest BCUT2D eigenvalue weighted by Crippen LogP contribution is -2.36.